The van der Waals surface area contributed by atoms with Crippen LogP contribution in [-0.2, 0) is 6.54 Å². The fraction of sp³-hybridized carbons (Fsp3) is 0.350. The molecule has 146 valence electrons. The number of nitrogens with zero attached hydrogens (tertiary/aromatic N) is 3. The summed E-state index contributed by atoms with van der Waals surface area (Å²) in [5, 5.41) is 0. The molecule has 1 fully saturated rings. The van der Waals surface area contributed by atoms with Crippen LogP contribution in [0.5, 0.6) is 11.5 Å². The molecule has 3 rings (SSSR count). The second-order valence-electron chi connectivity index (χ2n) is 5.93. The molecule has 0 unspecified atom stereocenters. The summed E-state index contributed by atoms with van der Waals surface area (Å²) in [5.41, 5.74) is 1.19. The van der Waals surface area contributed by atoms with Crippen molar-refractivity contribution in [1.82, 2.24) is 9.88 Å². The first-order chi connectivity index (χ1) is 12.3. The van der Waals surface area contributed by atoms with Gasteiger partial charge in [-0.1, -0.05) is 18.1 Å². The third kappa shape index (κ3) is 6.04. The Labute approximate surface area is 166 Å². The van der Waals surface area contributed by atoms with Crippen LogP contribution in [0.2, 0.25) is 0 Å². The molecule has 0 bridgehead atoms. The monoisotopic (exact) mass is 391 g/mol. The van der Waals surface area contributed by atoms with Gasteiger partial charge < -0.3 is 19.8 Å². The van der Waals surface area contributed by atoms with Gasteiger partial charge >= 0.3 is 0 Å². The van der Waals surface area contributed by atoms with Crippen molar-refractivity contribution in [3.05, 3.63) is 48.2 Å². The van der Waals surface area contributed by atoms with Gasteiger partial charge in [0.25, 0.3) is 0 Å². The lowest BCUT2D eigenvalue weighted by Gasteiger charge is -2.35. The topological polar surface area (TPSA) is 69.3 Å². The molecule has 1 aromatic carbocycles. The highest BCUT2D eigenvalue weighted by molar-refractivity contribution is 5.85. The Kier molecular flexibility index (Phi) is 9.45. The van der Waals surface area contributed by atoms with Crippen LogP contribution in [-0.4, -0.2) is 55.3 Å². The SMILES string of the molecule is C#CCOc1cc(CN2CCN(c3ccccn3)CC2)ccc1OC.Cl.O. The van der Waals surface area contributed by atoms with Crippen LogP contribution in [0.4, 0.5) is 5.82 Å². The molecule has 0 amide bonds. The number of hydrogen-bond donors (Lipinski definition) is 0. The first-order valence-corrected chi connectivity index (χ1v) is 8.41. The Morgan fingerprint density at radius 2 is 1.89 bits per heavy atom. The van der Waals surface area contributed by atoms with Gasteiger partial charge in [-0.2, -0.15) is 0 Å². The van der Waals surface area contributed by atoms with E-state index in [2.05, 4.69) is 32.8 Å². The number of anilines is 1. The second kappa shape index (κ2) is 11.3. The molecule has 7 heteroatoms. The maximum Gasteiger partial charge on any atom is 0.162 e. The van der Waals surface area contributed by atoms with Gasteiger partial charge in [0.05, 0.1) is 7.11 Å². The molecule has 1 aromatic heterocycles. The fourth-order valence-corrected chi connectivity index (χ4v) is 2.99. The number of benzene rings is 1. The molecule has 0 spiro atoms. The minimum atomic E-state index is 0. The zero-order valence-electron chi connectivity index (χ0n) is 15.4. The van der Waals surface area contributed by atoms with Crippen molar-refractivity contribution < 1.29 is 14.9 Å². The predicted molar refractivity (Wildman–Crippen MR) is 110 cm³/mol. The molecule has 1 saturated heterocycles. The number of pyridine rings is 1. The number of ether oxygens (including phenoxy) is 2. The van der Waals surface area contributed by atoms with Crippen molar-refractivity contribution in [2.45, 2.75) is 6.54 Å². The molecule has 27 heavy (non-hydrogen) atoms. The summed E-state index contributed by atoms with van der Waals surface area (Å²) < 4.78 is 10.9. The van der Waals surface area contributed by atoms with Crippen LogP contribution in [0, 0.1) is 12.3 Å². The van der Waals surface area contributed by atoms with Gasteiger partial charge in [0.15, 0.2) is 11.5 Å². The molecule has 0 radical (unpaired) electrons. The molecule has 0 aliphatic carbocycles. The summed E-state index contributed by atoms with van der Waals surface area (Å²) in [6.07, 6.45) is 7.13. The Hall–Kier alpha value is -2.46. The Balaban J connectivity index is 0.00000182. The summed E-state index contributed by atoms with van der Waals surface area (Å²) in [5.74, 6) is 4.95. The number of piperazine rings is 1. The van der Waals surface area contributed by atoms with Gasteiger partial charge in [0.2, 0.25) is 0 Å². The molecule has 2 N–H and O–H groups in total. The van der Waals surface area contributed by atoms with Crippen LogP contribution >= 0.6 is 12.4 Å². The maximum absolute atomic E-state index is 5.59. The molecule has 2 heterocycles. The summed E-state index contributed by atoms with van der Waals surface area (Å²) in [7, 11) is 1.63. The van der Waals surface area contributed by atoms with Crippen LogP contribution < -0.4 is 14.4 Å². The average Bonchev–Trinajstić information content (AvgIpc) is 2.68. The number of rotatable bonds is 6. The van der Waals surface area contributed by atoms with E-state index in [0.29, 0.717) is 11.5 Å². The molecule has 6 nitrogen and oxygen atoms in total. The van der Waals surface area contributed by atoms with Crippen LogP contribution in [0.1, 0.15) is 5.56 Å². The highest BCUT2D eigenvalue weighted by atomic mass is 35.5. The summed E-state index contributed by atoms with van der Waals surface area (Å²) in [4.78, 5) is 9.19. The van der Waals surface area contributed by atoms with Crippen molar-refractivity contribution >= 4 is 18.2 Å². The van der Waals surface area contributed by atoms with Crippen molar-refractivity contribution in [3.63, 3.8) is 0 Å². The van der Waals surface area contributed by atoms with E-state index in [4.69, 9.17) is 15.9 Å². The molecule has 1 aliphatic rings. The van der Waals surface area contributed by atoms with Crippen LogP contribution in [0.3, 0.4) is 0 Å². The van der Waals surface area contributed by atoms with E-state index < -0.39 is 0 Å². The zero-order valence-corrected chi connectivity index (χ0v) is 16.2. The van der Waals surface area contributed by atoms with Gasteiger partial charge in [-0.15, -0.1) is 18.8 Å². The van der Waals surface area contributed by atoms with Crippen LogP contribution in [0.15, 0.2) is 42.6 Å². The van der Waals surface area contributed by atoms with E-state index in [9.17, 15) is 0 Å². The second-order valence-corrected chi connectivity index (χ2v) is 5.93. The van der Waals surface area contributed by atoms with E-state index in [0.717, 1.165) is 38.5 Å². The first kappa shape index (κ1) is 22.6. The molecule has 0 saturated carbocycles. The van der Waals surface area contributed by atoms with Gasteiger partial charge in [0.1, 0.15) is 12.4 Å². The smallest absolute Gasteiger partial charge is 0.162 e. The molecule has 0 atom stereocenters. The number of aromatic nitrogens is 1. The summed E-state index contributed by atoms with van der Waals surface area (Å²) in [6, 6.07) is 12.1. The van der Waals surface area contributed by atoms with Crippen molar-refractivity contribution in [3.8, 4) is 23.8 Å². The lowest BCUT2D eigenvalue weighted by molar-refractivity contribution is 0.248. The molecular weight excluding hydrogens is 366 g/mol. The van der Waals surface area contributed by atoms with Gasteiger partial charge in [-0.25, -0.2) is 4.98 Å². The fourth-order valence-electron chi connectivity index (χ4n) is 2.99. The Morgan fingerprint density at radius 1 is 1.11 bits per heavy atom. The summed E-state index contributed by atoms with van der Waals surface area (Å²) in [6.45, 7) is 5.09. The van der Waals surface area contributed by atoms with Crippen LogP contribution in [0.25, 0.3) is 0 Å². The predicted octanol–water partition coefficient (Wildman–Crippen LogP) is 2.02. The van der Waals surface area contributed by atoms with Gasteiger partial charge in [-0.3, -0.25) is 4.90 Å². The molecular formula is C20H26ClN3O3. The number of terminal acetylenes is 1. The normalized spacial score (nSPS) is 13.7. The highest BCUT2D eigenvalue weighted by Gasteiger charge is 2.18. The standard InChI is InChI=1S/C20H23N3O2.ClH.H2O/c1-3-14-25-19-15-17(7-8-18(19)24-2)16-22-10-12-23(13-11-22)20-6-4-5-9-21-20;;/h1,4-9,15H,10-14,16H2,2H3;1H;1H2. The minimum absolute atomic E-state index is 0. The van der Waals surface area contributed by atoms with E-state index in [1.165, 1.54) is 5.56 Å². The maximum atomic E-state index is 5.59. The van der Waals surface area contributed by atoms with E-state index >= 15 is 0 Å². The molecule has 2 aromatic rings. The van der Waals surface area contributed by atoms with E-state index in [1.807, 2.05) is 30.5 Å². The number of methoxy groups -OCH3 is 1. The average molecular weight is 392 g/mol. The van der Waals surface area contributed by atoms with Crippen molar-refractivity contribution in [1.29, 1.82) is 0 Å². The third-order valence-electron chi connectivity index (χ3n) is 4.29. The van der Waals surface area contributed by atoms with Crippen molar-refractivity contribution in [2.75, 3.05) is 44.8 Å². The number of hydrogen-bond acceptors (Lipinski definition) is 5. The zero-order chi connectivity index (χ0) is 17.5. The lowest BCUT2D eigenvalue weighted by Crippen LogP contribution is -2.46. The number of halogens is 1. The van der Waals surface area contributed by atoms with Gasteiger partial charge in [-0.05, 0) is 29.8 Å². The highest BCUT2D eigenvalue weighted by Crippen LogP contribution is 2.28. The van der Waals surface area contributed by atoms with E-state index in [1.54, 1.807) is 7.11 Å². The Bertz CT molecular complexity index is 729. The van der Waals surface area contributed by atoms with Gasteiger partial charge in [0, 0.05) is 38.9 Å². The Morgan fingerprint density at radius 3 is 2.52 bits per heavy atom. The van der Waals surface area contributed by atoms with Crippen molar-refractivity contribution in [2.24, 2.45) is 0 Å². The minimum Gasteiger partial charge on any atom is -0.493 e. The lowest BCUT2D eigenvalue weighted by atomic mass is 10.1. The first-order valence-electron chi connectivity index (χ1n) is 8.41. The largest absolute Gasteiger partial charge is 0.493 e. The third-order valence-corrected chi connectivity index (χ3v) is 4.29. The van der Waals surface area contributed by atoms with E-state index in [-0.39, 0.29) is 24.5 Å². The summed E-state index contributed by atoms with van der Waals surface area (Å²) >= 11 is 0. The molecule has 1 aliphatic heterocycles. The quantitative estimate of drug-likeness (QED) is 0.704.